The summed E-state index contributed by atoms with van der Waals surface area (Å²) in [5.74, 6) is 2.86. The summed E-state index contributed by atoms with van der Waals surface area (Å²) >= 11 is 0. The number of benzene rings is 7. The van der Waals surface area contributed by atoms with Gasteiger partial charge in [-0.05, 0) is 65.7 Å². The van der Waals surface area contributed by atoms with Crippen molar-refractivity contribution in [2.24, 2.45) is 0 Å². The van der Waals surface area contributed by atoms with E-state index in [1.807, 2.05) is 24.3 Å². The molecule has 0 unspecified atom stereocenters. The first-order chi connectivity index (χ1) is 22.8. The summed E-state index contributed by atoms with van der Waals surface area (Å²) in [6, 6.07) is 55.3. The van der Waals surface area contributed by atoms with E-state index in [9.17, 15) is 0 Å². The van der Waals surface area contributed by atoms with Crippen molar-refractivity contribution in [3.05, 3.63) is 158 Å². The van der Waals surface area contributed by atoms with Crippen molar-refractivity contribution in [1.82, 2.24) is 9.13 Å². The average Bonchev–Trinajstić information content (AvgIpc) is 3.63. The molecule has 1 aliphatic heterocycles. The fourth-order valence-corrected chi connectivity index (χ4v) is 7.14. The molecule has 0 radical (unpaired) electrons. The molecule has 0 saturated heterocycles. The molecule has 0 N–H and O–H groups in total. The minimum absolute atomic E-state index is 0.708. The molecular formula is C42H26N2O2. The molecule has 0 atom stereocenters. The van der Waals surface area contributed by atoms with Crippen LogP contribution in [0.4, 0.5) is 0 Å². The molecule has 9 aromatic rings. The van der Waals surface area contributed by atoms with Gasteiger partial charge in [-0.1, -0.05) is 97.1 Å². The minimum Gasteiger partial charge on any atom is -0.449 e. The van der Waals surface area contributed by atoms with Crippen molar-refractivity contribution in [1.29, 1.82) is 0 Å². The predicted octanol–water partition coefficient (Wildman–Crippen LogP) is 11.4. The van der Waals surface area contributed by atoms with E-state index in [1.165, 1.54) is 38.3 Å². The first-order valence-corrected chi connectivity index (χ1v) is 15.5. The quantitative estimate of drug-likeness (QED) is 0.205. The SMILES string of the molecule is c1ccc(-c2ccc(-n3c4ccccc4c4ccc5c(c6cc7c(cc6n5-c5ccccc5)Oc5ccccc5O7)c43)cc2)cc1. The third-order valence-electron chi connectivity index (χ3n) is 9.16. The van der Waals surface area contributed by atoms with E-state index in [2.05, 4.69) is 143 Å². The molecule has 3 heterocycles. The zero-order valence-electron chi connectivity index (χ0n) is 24.7. The standard InChI is InChI=1S/C42H26N2O2/c1-3-11-27(12-4-1)28-19-21-30(22-20-28)44-34-16-8-7-15-31(34)32-23-24-35-41(42(32)44)33-25-39-40(46-38-18-10-9-17-37(38)45-39)26-36(33)43(35)29-13-5-2-6-14-29/h1-26H. The van der Waals surface area contributed by atoms with E-state index in [-0.39, 0.29) is 0 Å². The molecule has 216 valence electrons. The fourth-order valence-electron chi connectivity index (χ4n) is 7.14. The first-order valence-electron chi connectivity index (χ1n) is 15.5. The van der Waals surface area contributed by atoms with Crippen LogP contribution in [-0.4, -0.2) is 9.13 Å². The zero-order valence-corrected chi connectivity index (χ0v) is 24.7. The zero-order chi connectivity index (χ0) is 30.2. The number of hydrogen-bond acceptors (Lipinski definition) is 2. The van der Waals surface area contributed by atoms with Gasteiger partial charge in [-0.3, -0.25) is 0 Å². The highest BCUT2D eigenvalue weighted by Crippen LogP contribution is 2.50. The molecule has 0 aliphatic carbocycles. The van der Waals surface area contributed by atoms with Crippen LogP contribution in [0.1, 0.15) is 0 Å². The van der Waals surface area contributed by atoms with Crippen molar-refractivity contribution in [2.45, 2.75) is 0 Å². The summed E-state index contributed by atoms with van der Waals surface area (Å²) in [5, 5.41) is 4.71. The maximum atomic E-state index is 6.45. The molecule has 0 saturated carbocycles. The Labute approximate surface area is 264 Å². The lowest BCUT2D eigenvalue weighted by molar-refractivity contribution is 0.360. The number of fused-ring (bicyclic) bond motifs is 9. The Balaban J connectivity index is 1.32. The molecule has 10 rings (SSSR count). The van der Waals surface area contributed by atoms with Gasteiger partial charge in [0.1, 0.15) is 0 Å². The van der Waals surface area contributed by atoms with Gasteiger partial charge in [0, 0.05) is 39.0 Å². The maximum absolute atomic E-state index is 6.45. The summed E-state index contributed by atoms with van der Waals surface area (Å²) in [6.07, 6.45) is 0. The van der Waals surface area contributed by atoms with Crippen LogP contribution >= 0.6 is 0 Å². The van der Waals surface area contributed by atoms with Crippen molar-refractivity contribution < 1.29 is 9.47 Å². The topological polar surface area (TPSA) is 28.3 Å². The Kier molecular flexibility index (Phi) is 5.25. The van der Waals surface area contributed by atoms with Gasteiger partial charge in [-0.2, -0.15) is 0 Å². The third-order valence-corrected chi connectivity index (χ3v) is 9.16. The van der Waals surface area contributed by atoms with Gasteiger partial charge >= 0.3 is 0 Å². The summed E-state index contributed by atoms with van der Waals surface area (Å²) in [4.78, 5) is 0. The lowest BCUT2D eigenvalue weighted by atomic mass is 10.1. The van der Waals surface area contributed by atoms with Crippen LogP contribution in [0.15, 0.2) is 158 Å². The van der Waals surface area contributed by atoms with E-state index in [4.69, 9.17) is 9.47 Å². The largest absolute Gasteiger partial charge is 0.449 e. The normalized spacial score (nSPS) is 12.3. The molecule has 0 bridgehead atoms. The van der Waals surface area contributed by atoms with Crippen LogP contribution < -0.4 is 9.47 Å². The van der Waals surface area contributed by atoms with Crippen LogP contribution in [0.25, 0.3) is 66.1 Å². The van der Waals surface area contributed by atoms with Crippen LogP contribution in [0, 0.1) is 0 Å². The monoisotopic (exact) mass is 590 g/mol. The summed E-state index contributed by atoms with van der Waals surface area (Å²) < 4.78 is 17.6. The number of hydrogen-bond donors (Lipinski definition) is 0. The average molecular weight is 591 g/mol. The van der Waals surface area contributed by atoms with Crippen molar-refractivity contribution >= 4 is 43.6 Å². The van der Waals surface area contributed by atoms with E-state index < -0.39 is 0 Å². The predicted molar refractivity (Wildman–Crippen MR) is 187 cm³/mol. The Morgan fingerprint density at radius 3 is 1.72 bits per heavy atom. The van der Waals surface area contributed by atoms with Crippen LogP contribution in [0.5, 0.6) is 23.0 Å². The lowest BCUT2D eigenvalue weighted by Gasteiger charge is -2.20. The van der Waals surface area contributed by atoms with Crippen LogP contribution in [0.2, 0.25) is 0 Å². The Bertz CT molecular complexity index is 2610. The molecule has 7 aromatic carbocycles. The molecule has 4 nitrogen and oxygen atoms in total. The molecule has 46 heavy (non-hydrogen) atoms. The molecule has 0 spiro atoms. The number of nitrogens with zero attached hydrogens (tertiary/aromatic N) is 2. The highest BCUT2D eigenvalue weighted by Gasteiger charge is 2.25. The molecule has 4 heteroatoms. The van der Waals surface area contributed by atoms with E-state index in [1.54, 1.807) is 0 Å². The van der Waals surface area contributed by atoms with Gasteiger partial charge < -0.3 is 18.6 Å². The van der Waals surface area contributed by atoms with Gasteiger partial charge in [0.05, 0.1) is 22.1 Å². The molecule has 0 fully saturated rings. The van der Waals surface area contributed by atoms with Gasteiger partial charge in [-0.25, -0.2) is 0 Å². The smallest absolute Gasteiger partial charge is 0.172 e. The highest BCUT2D eigenvalue weighted by molar-refractivity contribution is 6.26. The van der Waals surface area contributed by atoms with Gasteiger partial charge in [0.25, 0.3) is 0 Å². The van der Waals surface area contributed by atoms with Crippen LogP contribution in [-0.2, 0) is 0 Å². The van der Waals surface area contributed by atoms with Gasteiger partial charge in [0.15, 0.2) is 23.0 Å². The van der Waals surface area contributed by atoms with Gasteiger partial charge in [-0.15, -0.1) is 0 Å². The van der Waals surface area contributed by atoms with E-state index >= 15 is 0 Å². The maximum Gasteiger partial charge on any atom is 0.172 e. The summed E-state index contributed by atoms with van der Waals surface area (Å²) in [7, 11) is 0. The van der Waals surface area contributed by atoms with E-state index in [0.717, 1.165) is 39.3 Å². The minimum atomic E-state index is 0.708. The first kappa shape index (κ1) is 25.1. The fraction of sp³-hybridized carbons (Fsp3) is 0. The molecule has 2 aromatic heterocycles. The van der Waals surface area contributed by atoms with Crippen molar-refractivity contribution in [3.63, 3.8) is 0 Å². The second-order valence-electron chi connectivity index (χ2n) is 11.8. The number of rotatable bonds is 3. The number of aromatic nitrogens is 2. The molecule has 0 amide bonds. The Morgan fingerprint density at radius 2 is 0.957 bits per heavy atom. The van der Waals surface area contributed by atoms with Crippen molar-refractivity contribution in [2.75, 3.05) is 0 Å². The van der Waals surface area contributed by atoms with E-state index in [0.29, 0.717) is 11.5 Å². The summed E-state index contributed by atoms with van der Waals surface area (Å²) in [5.41, 5.74) is 9.13. The third kappa shape index (κ3) is 3.61. The van der Waals surface area contributed by atoms with Crippen molar-refractivity contribution in [3.8, 4) is 45.5 Å². The van der Waals surface area contributed by atoms with Crippen LogP contribution in [0.3, 0.4) is 0 Å². The second-order valence-corrected chi connectivity index (χ2v) is 11.8. The summed E-state index contributed by atoms with van der Waals surface area (Å²) in [6.45, 7) is 0. The number of para-hydroxylation sites is 4. The molecule has 1 aliphatic rings. The van der Waals surface area contributed by atoms with Gasteiger partial charge in [0.2, 0.25) is 0 Å². The number of ether oxygens (including phenoxy) is 2. The highest BCUT2D eigenvalue weighted by atomic mass is 16.6. The second kappa shape index (κ2) is 9.62. The Morgan fingerprint density at radius 1 is 0.348 bits per heavy atom. The lowest BCUT2D eigenvalue weighted by Crippen LogP contribution is -1.99. The molecular weight excluding hydrogens is 564 g/mol. The Hall–Kier alpha value is -6.26.